The van der Waals surface area contributed by atoms with Gasteiger partial charge in [0.05, 0.1) is 11.1 Å². The van der Waals surface area contributed by atoms with Crippen LogP contribution in [-0.4, -0.2) is 7.05 Å². The van der Waals surface area contributed by atoms with Crippen molar-refractivity contribution in [1.29, 1.82) is 0 Å². The van der Waals surface area contributed by atoms with Crippen LogP contribution in [0.1, 0.15) is 25.1 Å². The first-order chi connectivity index (χ1) is 8.65. The summed E-state index contributed by atoms with van der Waals surface area (Å²) in [4.78, 5) is 0. The van der Waals surface area contributed by atoms with Crippen LogP contribution in [0, 0.1) is 3.57 Å². The van der Waals surface area contributed by atoms with E-state index in [0.29, 0.717) is 0 Å². The molecule has 1 atom stereocenters. The molecule has 1 heterocycles. The standard InChI is InChI=1S/C14H15ClINO/c1-3-12(17-2)14-7-6-13(18-14)10-5-4-9(16)8-11(10)15/h4-8,12,17H,3H2,1-2H3. The van der Waals surface area contributed by atoms with Crippen molar-refractivity contribution >= 4 is 34.2 Å². The molecular formula is C14H15ClINO. The average Bonchev–Trinajstić information content (AvgIpc) is 2.80. The van der Waals surface area contributed by atoms with Crippen LogP contribution in [-0.2, 0) is 0 Å². The predicted octanol–water partition coefficient (Wildman–Crippen LogP) is 4.88. The Morgan fingerprint density at radius 1 is 1.33 bits per heavy atom. The first kappa shape index (κ1) is 13.9. The maximum absolute atomic E-state index is 6.24. The van der Waals surface area contributed by atoms with E-state index in [0.717, 1.165) is 32.1 Å². The number of nitrogens with one attached hydrogen (secondary N) is 1. The molecule has 0 bridgehead atoms. The van der Waals surface area contributed by atoms with Crippen LogP contribution in [0.4, 0.5) is 0 Å². The van der Waals surface area contributed by atoms with Crippen LogP contribution in [0.3, 0.4) is 0 Å². The summed E-state index contributed by atoms with van der Waals surface area (Å²) < 4.78 is 7.01. The third kappa shape index (κ3) is 2.90. The molecule has 1 unspecified atom stereocenters. The van der Waals surface area contributed by atoms with Gasteiger partial charge in [-0.2, -0.15) is 0 Å². The largest absolute Gasteiger partial charge is 0.459 e. The summed E-state index contributed by atoms with van der Waals surface area (Å²) >= 11 is 8.48. The molecule has 18 heavy (non-hydrogen) atoms. The molecule has 0 saturated carbocycles. The van der Waals surface area contributed by atoms with Gasteiger partial charge in [0.25, 0.3) is 0 Å². The summed E-state index contributed by atoms with van der Waals surface area (Å²) in [5.41, 5.74) is 0.939. The summed E-state index contributed by atoms with van der Waals surface area (Å²) in [5, 5.41) is 3.95. The molecule has 1 N–H and O–H groups in total. The normalized spacial score (nSPS) is 12.7. The summed E-state index contributed by atoms with van der Waals surface area (Å²) in [6, 6.07) is 10.2. The second-order valence-electron chi connectivity index (χ2n) is 4.08. The van der Waals surface area contributed by atoms with Gasteiger partial charge < -0.3 is 9.73 Å². The van der Waals surface area contributed by atoms with Crippen molar-refractivity contribution in [3.63, 3.8) is 0 Å². The highest BCUT2D eigenvalue weighted by Gasteiger charge is 2.14. The first-order valence-electron chi connectivity index (χ1n) is 5.88. The minimum Gasteiger partial charge on any atom is -0.459 e. The molecule has 0 spiro atoms. The fraction of sp³-hybridized carbons (Fsp3) is 0.286. The molecule has 0 saturated heterocycles. The average molecular weight is 376 g/mol. The van der Waals surface area contributed by atoms with E-state index in [1.54, 1.807) is 0 Å². The Morgan fingerprint density at radius 3 is 2.72 bits per heavy atom. The van der Waals surface area contributed by atoms with Crippen LogP contribution in [0.2, 0.25) is 5.02 Å². The lowest BCUT2D eigenvalue weighted by atomic mass is 10.1. The zero-order valence-electron chi connectivity index (χ0n) is 10.3. The van der Waals surface area contributed by atoms with Gasteiger partial charge in [-0.3, -0.25) is 0 Å². The van der Waals surface area contributed by atoms with E-state index in [2.05, 4.69) is 34.8 Å². The van der Waals surface area contributed by atoms with Gasteiger partial charge >= 0.3 is 0 Å². The minimum absolute atomic E-state index is 0.251. The third-order valence-corrected chi connectivity index (χ3v) is 3.91. The van der Waals surface area contributed by atoms with E-state index < -0.39 is 0 Å². The third-order valence-electron chi connectivity index (χ3n) is 2.92. The van der Waals surface area contributed by atoms with Crippen LogP contribution >= 0.6 is 34.2 Å². The van der Waals surface area contributed by atoms with Gasteiger partial charge in [0.2, 0.25) is 0 Å². The Morgan fingerprint density at radius 2 is 2.11 bits per heavy atom. The van der Waals surface area contributed by atoms with Crippen LogP contribution < -0.4 is 5.32 Å². The molecule has 0 fully saturated rings. The SMILES string of the molecule is CCC(NC)c1ccc(-c2ccc(I)cc2Cl)o1. The lowest BCUT2D eigenvalue weighted by molar-refractivity contribution is 0.431. The second kappa shape index (κ2) is 6.08. The Balaban J connectivity index is 2.34. The Hall–Kier alpha value is -0.520. The Labute approximate surface area is 126 Å². The number of hydrogen-bond donors (Lipinski definition) is 1. The molecule has 0 amide bonds. The number of hydrogen-bond acceptors (Lipinski definition) is 2. The van der Waals surface area contributed by atoms with Gasteiger partial charge in [-0.05, 0) is 66.4 Å². The van der Waals surface area contributed by atoms with Gasteiger partial charge in [0.15, 0.2) is 0 Å². The van der Waals surface area contributed by atoms with Crippen LogP contribution in [0.5, 0.6) is 0 Å². The van der Waals surface area contributed by atoms with Crippen molar-refractivity contribution in [2.24, 2.45) is 0 Å². The summed E-state index contributed by atoms with van der Waals surface area (Å²) in [7, 11) is 1.94. The molecule has 2 aromatic rings. The van der Waals surface area contributed by atoms with Gasteiger partial charge in [0.1, 0.15) is 11.5 Å². The molecule has 96 valence electrons. The maximum Gasteiger partial charge on any atom is 0.135 e. The fourth-order valence-corrected chi connectivity index (χ4v) is 2.87. The summed E-state index contributed by atoms with van der Waals surface area (Å²) in [5.74, 6) is 1.77. The van der Waals surface area contributed by atoms with E-state index in [4.69, 9.17) is 16.0 Å². The van der Waals surface area contributed by atoms with Crippen LogP contribution in [0.15, 0.2) is 34.7 Å². The predicted molar refractivity (Wildman–Crippen MR) is 84.0 cm³/mol. The molecule has 2 nitrogen and oxygen atoms in total. The van der Waals surface area contributed by atoms with E-state index in [1.165, 1.54) is 0 Å². The van der Waals surface area contributed by atoms with Crippen LogP contribution in [0.25, 0.3) is 11.3 Å². The Kier molecular flexibility index (Phi) is 4.70. The van der Waals surface area contributed by atoms with Gasteiger partial charge in [0, 0.05) is 9.13 Å². The second-order valence-corrected chi connectivity index (χ2v) is 5.73. The molecule has 0 aliphatic carbocycles. The lowest BCUT2D eigenvalue weighted by Crippen LogP contribution is -2.14. The molecule has 1 aromatic heterocycles. The molecule has 0 aliphatic heterocycles. The minimum atomic E-state index is 0.251. The van der Waals surface area contributed by atoms with E-state index in [9.17, 15) is 0 Å². The number of benzene rings is 1. The van der Waals surface area contributed by atoms with E-state index >= 15 is 0 Å². The summed E-state index contributed by atoms with van der Waals surface area (Å²) in [6.07, 6.45) is 0.990. The highest BCUT2D eigenvalue weighted by atomic mass is 127. The van der Waals surface area contributed by atoms with Crippen molar-refractivity contribution in [1.82, 2.24) is 5.32 Å². The number of furan rings is 1. The monoisotopic (exact) mass is 375 g/mol. The molecule has 2 rings (SSSR count). The quantitative estimate of drug-likeness (QED) is 0.771. The first-order valence-corrected chi connectivity index (χ1v) is 7.33. The van der Waals surface area contributed by atoms with Gasteiger partial charge in [-0.1, -0.05) is 18.5 Å². The summed E-state index contributed by atoms with van der Waals surface area (Å²) in [6.45, 7) is 2.13. The highest BCUT2D eigenvalue weighted by molar-refractivity contribution is 14.1. The fourth-order valence-electron chi connectivity index (χ4n) is 1.92. The highest BCUT2D eigenvalue weighted by Crippen LogP contribution is 2.32. The van der Waals surface area contributed by atoms with E-state index in [-0.39, 0.29) is 6.04 Å². The topological polar surface area (TPSA) is 25.2 Å². The molecule has 1 aromatic carbocycles. The van der Waals surface area contributed by atoms with Crippen molar-refractivity contribution in [2.45, 2.75) is 19.4 Å². The number of rotatable bonds is 4. The van der Waals surface area contributed by atoms with Crippen molar-refractivity contribution in [2.75, 3.05) is 7.05 Å². The van der Waals surface area contributed by atoms with Crippen molar-refractivity contribution in [3.05, 3.63) is 44.7 Å². The molecule has 0 radical (unpaired) electrons. The number of halogens is 2. The zero-order chi connectivity index (χ0) is 13.1. The maximum atomic E-state index is 6.24. The smallest absolute Gasteiger partial charge is 0.135 e. The zero-order valence-corrected chi connectivity index (χ0v) is 13.2. The van der Waals surface area contributed by atoms with Gasteiger partial charge in [-0.25, -0.2) is 0 Å². The van der Waals surface area contributed by atoms with E-state index in [1.807, 2.05) is 37.4 Å². The lowest BCUT2D eigenvalue weighted by Gasteiger charge is -2.10. The molecule has 0 aliphatic rings. The Bertz CT molecular complexity index is 534. The molecule has 4 heteroatoms. The van der Waals surface area contributed by atoms with Gasteiger partial charge in [-0.15, -0.1) is 0 Å². The van der Waals surface area contributed by atoms with Crippen molar-refractivity contribution < 1.29 is 4.42 Å². The van der Waals surface area contributed by atoms with Crippen molar-refractivity contribution in [3.8, 4) is 11.3 Å². The molecular weight excluding hydrogens is 361 g/mol.